The van der Waals surface area contributed by atoms with Gasteiger partial charge in [0.15, 0.2) is 0 Å². The normalized spacial score (nSPS) is 16.8. The minimum absolute atomic E-state index is 0.0286. The van der Waals surface area contributed by atoms with Crippen LogP contribution in [-0.2, 0) is 32.5 Å². The van der Waals surface area contributed by atoms with Gasteiger partial charge in [0.2, 0.25) is 15.9 Å². The molecule has 9 heteroatoms. The highest BCUT2D eigenvalue weighted by atomic mass is 32.2. The summed E-state index contributed by atoms with van der Waals surface area (Å²) in [6.07, 6.45) is 3.82. The number of hydrazine groups is 1. The van der Waals surface area contributed by atoms with E-state index in [2.05, 4.69) is 16.2 Å². The molecule has 3 N–H and O–H groups in total. The first-order valence-corrected chi connectivity index (χ1v) is 12.8. The molecule has 0 saturated carbocycles. The van der Waals surface area contributed by atoms with E-state index in [4.69, 9.17) is 0 Å². The van der Waals surface area contributed by atoms with Crippen molar-refractivity contribution in [3.8, 4) is 0 Å². The Morgan fingerprint density at radius 3 is 2.39 bits per heavy atom. The second kappa shape index (κ2) is 9.93. The number of benzene rings is 2. The third kappa shape index (κ3) is 5.54. The molecule has 0 aromatic heterocycles. The number of rotatable bonds is 6. The van der Waals surface area contributed by atoms with E-state index in [0.717, 1.165) is 36.1 Å². The van der Waals surface area contributed by atoms with E-state index < -0.39 is 10.0 Å². The second-order valence-electron chi connectivity index (χ2n) is 8.72. The predicted molar refractivity (Wildman–Crippen MR) is 126 cm³/mol. The van der Waals surface area contributed by atoms with Crippen molar-refractivity contribution >= 4 is 27.5 Å². The summed E-state index contributed by atoms with van der Waals surface area (Å²) in [4.78, 5) is 24.8. The van der Waals surface area contributed by atoms with E-state index in [0.29, 0.717) is 17.7 Å². The third-order valence-electron chi connectivity index (χ3n) is 6.36. The van der Waals surface area contributed by atoms with E-state index in [1.165, 1.54) is 9.87 Å². The Morgan fingerprint density at radius 1 is 0.970 bits per heavy atom. The lowest BCUT2D eigenvalue weighted by Gasteiger charge is -2.30. The van der Waals surface area contributed by atoms with Gasteiger partial charge in [-0.05, 0) is 74.4 Å². The number of aryl methyl sites for hydroxylation is 3. The highest BCUT2D eigenvalue weighted by molar-refractivity contribution is 7.89. The molecule has 2 aromatic rings. The fourth-order valence-electron chi connectivity index (χ4n) is 4.35. The summed E-state index contributed by atoms with van der Waals surface area (Å²) in [6.45, 7) is 2.57. The van der Waals surface area contributed by atoms with Crippen LogP contribution in [0.4, 0.5) is 5.69 Å². The second-order valence-corrected chi connectivity index (χ2v) is 10.7. The predicted octanol–water partition coefficient (Wildman–Crippen LogP) is 2.14. The van der Waals surface area contributed by atoms with E-state index in [1.54, 1.807) is 12.1 Å². The molecule has 1 saturated heterocycles. The number of amides is 2. The van der Waals surface area contributed by atoms with Crippen molar-refractivity contribution in [3.63, 3.8) is 0 Å². The van der Waals surface area contributed by atoms with Gasteiger partial charge in [0.1, 0.15) is 0 Å². The first-order valence-electron chi connectivity index (χ1n) is 11.3. The van der Waals surface area contributed by atoms with Gasteiger partial charge in [-0.2, -0.15) is 4.31 Å². The van der Waals surface area contributed by atoms with Gasteiger partial charge in [-0.25, -0.2) is 8.42 Å². The van der Waals surface area contributed by atoms with Gasteiger partial charge in [0, 0.05) is 24.7 Å². The van der Waals surface area contributed by atoms with Gasteiger partial charge in [-0.3, -0.25) is 20.4 Å². The van der Waals surface area contributed by atoms with Crippen LogP contribution in [0.5, 0.6) is 0 Å². The lowest BCUT2D eigenvalue weighted by Crippen LogP contribution is -2.49. The number of piperidine rings is 1. The van der Waals surface area contributed by atoms with Crippen LogP contribution in [0.3, 0.4) is 0 Å². The molecule has 0 atom stereocenters. The zero-order valence-corrected chi connectivity index (χ0v) is 19.6. The minimum atomic E-state index is -3.57. The highest BCUT2D eigenvalue weighted by Crippen LogP contribution is 2.28. The SMILES string of the molecule is Cc1ccc(NCC(=O)NNC(=O)C2CCN(S(=O)(=O)c3ccc4c(c3)CCC4)CC2)cc1. The molecule has 2 aliphatic rings. The van der Waals surface area contributed by atoms with E-state index in [9.17, 15) is 18.0 Å². The lowest BCUT2D eigenvalue weighted by molar-refractivity contribution is -0.131. The lowest BCUT2D eigenvalue weighted by atomic mass is 9.98. The Balaban J connectivity index is 1.23. The summed E-state index contributed by atoms with van der Waals surface area (Å²) in [7, 11) is -3.57. The van der Waals surface area contributed by atoms with Crippen molar-refractivity contribution in [2.75, 3.05) is 25.0 Å². The van der Waals surface area contributed by atoms with Crippen LogP contribution in [0.1, 0.15) is 36.0 Å². The molecule has 0 spiro atoms. The van der Waals surface area contributed by atoms with E-state index >= 15 is 0 Å². The highest BCUT2D eigenvalue weighted by Gasteiger charge is 2.32. The monoisotopic (exact) mass is 470 g/mol. The van der Waals surface area contributed by atoms with Gasteiger partial charge < -0.3 is 5.32 Å². The first kappa shape index (κ1) is 23.3. The molecule has 8 nitrogen and oxygen atoms in total. The van der Waals surface area contributed by atoms with E-state index in [1.807, 2.05) is 37.3 Å². The van der Waals surface area contributed by atoms with Gasteiger partial charge in [-0.1, -0.05) is 23.8 Å². The molecule has 2 amide bonds. The maximum absolute atomic E-state index is 13.0. The summed E-state index contributed by atoms with van der Waals surface area (Å²) in [5.74, 6) is -1.00. The molecule has 33 heavy (non-hydrogen) atoms. The quantitative estimate of drug-likeness (QED) is 0.561. The summed E-state index contributed by atoms with van der Waals surface area (Å²) < 4.78 is 27.6. The Morgan fingerprint density at radius 2 is 1.67 bits per heavy atom. The standard InChI is InChI=1S/C24H30N4O4S/c1-17-5-8-21(9-6-17)25-16-23(29)26-27-24(30)19-11-13-28(14-12-19)33(31,32)22-10-7-18-3-2-4-20(18)15-22/h5-10,15,19,25H,2-4,11-14,16H2,1H3,(H,26,29)(H,27,30). The van der Waals surface area contributed by atoms with Crippen LogP contribution in [0.25, 0.3) is 0 Å². The number of anilines is 1. The van der Waals surface area contributed by atoms with Crippen molar-refractivity contribution in [1.82, 2.24) is 15.2 Å². The van der Waals surface area contributed by atoms with Crippen LogP contribution < -0.4 is 16.2 Å². The number of sulfonamides is 1. The van der Waals surface area contributed by atoms with Crippen LogP contribution in [-0.4, -0.2) is 44.2 Å². The van der Waals surface area contributed by atoms with Crippen molar-refractivity contribution in [3.05, 3.63) is 59.2 Å². The van der Waals surface area contributed by atoms with Crippen LogP contribution >= 0.6 is 0 Å². The Kier molecular flexibility index (Phi) is 6.99. The molecule has 2 aromatic carbocycles. The summed E-state index contributed by atoms with van der Waals surface area (Å²) in [6, 6.07) is 13.1. The largest absolute Gasteiger partial charge is 0.376 e. The third-order valence-corrected chi connectivity index (χ3v) is 8.26. The molecule has 0 radical (unpaired) electrons. The smallest absolute Gasteiger partial charge is 0.257 e. The molecule has 176 valence electrons. The fourth-order valence-corrected chi connectivity index (χ4v) is 5.87. The van der Waals surface area contributed by atoms with Gasteiger partial charge >= 0.3 is 0 Å². The molecule has 1 heterocycles. The van der Waals surface area contributed by atoms with Gasteiger partial charge in [-0.15, -0.1) is 0 Å². The van der Waals surface area contributed by atoms with Gasteiger partial charge in [0.25, 0.3) is 5.91 Å². The number of hydrogen-bond acceptors (Lipinski definition) is 5. The van der Waals surface area contributed by atoms with E-state index in [-0.39, 0.29) is 37.4 Å². The summed E-state index contributed by atoms with van der Waals surface area (Å²) in [5.41, 5.74) is 9.19. The summed E-state index contributed by atoms with van der Waals surface area (Å²) >= 11 is 0. The number of hydrogen-bond donors (Lipinski definition) is 3. The maximum atomic E-state index is 13.0. The topological polar surface area (TPSA) is 108 Å². The number of carbonyl (C=O) groups is 2. The number of nitrogens with zero attached hydrogens (tertiary/aromatic N) is 1. The Labute approximate surface area is 194 Å². The Bertz CT molecular complexity index is 1120. The van der Waals surface area contributed by atoms with Crippen molar-refractivity contribution in [2.24, 2.45) is 5.92 Å². The molecule has 1 fully saturated rings. The van der Waals surface area contributed by atoms with Crippen LogP contribution in [0.15, 0.2) is 47.4 Å². The number of nitrogens with one attached hydrogen (secondary N) is 3. The van der Waals surface area contributed by atoms with Crippen LogP contribution in [0.2, 0.25) is 0 Å². The van der Waals surface area contributed by atoms with Crippen molar-refractivity contribution < 1.29 is 18.0 Å². The van der Waals surface area contributed by atoms with Gasteiger partial charge in [0.05, 0.1) is 11.4 Å². The molecule has 0 unspecified atom stereocenters. The van der Waals surface area contributed by atoms with Crippen molar-refractivity contribution in [2.45, 2.75) is 43.9 Å². The van der Waals surface area contributed by atoms with Crippen molar-refractivity contribution in [1.29, 1.82) is 0 Å². The average molecular weight is 471 g/mol. The summed E-state index contributed by atoms with van der Waals surface area (Å²) in [5, 5.41) is 2.99. The average Bonchev–Trinajstić information content (AvgIpc) is 3.30. The number of fused-ring (bicyclic) bond motifs is 1. The first-order chi connectivity index (χ1) is 15.8. The Hall–Kier alpha value is -2.91. The molecule has 1 aliphatic carbocycles. The fraction of sp³-hybridized carbons (Fsp3) is 0.417. The van der Waals surface area contributed by atoms with Crippen LogP contribution in [0, 0.1) is 12.8 Å². The molecular formula is C24H30N4O4S. The zero-order chi connectivity index (χ0) is 23.4. The number of carbonyl (C=O) groups excluding carboxylic acids is 2. The zero-order valence-electron chi connectivity index (χ0n) is 18.8. The minimum Gasteiger partial charge on any atom is -0.376 e. The molecule has 0 bridgehead atoms. The molecule has 1 aliphatic heterocycles. The molecular weight excluding hydrogens is 440 g/mol. The maximum Gasteiger partial charge on any atom is 0.257 e. The molecule has 4 rings (SSSR count).